The zero-order valence-electron chi connectivity index (χ0n) is 15.5. The van der Waals surface area contributed by atoms with E-state index in [-0.39, 0.29) is 23.0 Å². The molecule has 1 aromatic heterocycles. The highest BCUT2D eigenvalue weighted by molar-refractivity contribution is 5.82. The standard InChI is InChI=1S/C20H17FN4O5/c21-13-10-22-20(24-14-3-1-2-11(18(14)28)8-17(26)27)25-19(13)23-12-4-5-15-16(9-12)30-7-6-29-15/h1-5,8-10,18,28H,6-7H2,(H,26,27)(H2,22,23,24,25). The Bertz CT molecular complexity index is 1080. The number of rotatable bonds is 5. The maximum Gasteiger partial charge on any atom is 0.328 e. The molecular formula is C20H17FN4O5. The number of allylic oxidation sites excluding steroid dienone is 2. The molecule has 0 saturated heterocycles. The molecule has 2 aliphatic rings. The summed E-state index contributed by atoms with van der Waals surface area (Å²) >= 11 is 0. The number of carboxylic acid groups (broad SMARTS) is 1. The molecule has 0 spiro atoms. The third kappa shape index (κ3) is 4.23. The SMILES string of the molecule is O=C(O)C=C1C=CC=C(Nc2ncc(F)c(Nc3ccc4c(c3)OCCO4)n2)C1O. The van der Waals surface area contributed by atoms with Crippen molar-refractivity contribution in [2.24, 2.45) is 0 Å². The number of ether oxygens (including phenoxy) is 2. The number of carbonyl (C=O) groups is 1. The van der Waals surface area contributed by atoms with Gasteiger partial charge in [0.2, 0.25) is 5.95 Å². The number of fused-ring (bicyclic) bond motifs is 1. The van der Waals surface area contributed by atoms with Crippen molar-refractivity contribution in [3.05, 3.63) is 65.8 Å². The van der Waals surface area contributed by atoms with Crippen LogP contribution in [0.1, 0.15) is 0 Å². The molecule has 10 heteroatoms. The highest BCUT2D eigenvalue weighted by Crippen LogP contribution is 2.33. The van der Waals surface area contributed by atoms with Crippen LogP contribution in [-0.4, -0.2) is 45.5 Å². The lowest BCUT2D eigenvalue weighted by atomic mass is 10.0. The number of aromatic nitrogens is 2. The summed E-state index contributed by atoms with van der Waals surface area (Å²) in [5.74, 6) is -0.787. The number of hydrogen-bond acceptors (Lipinski definition) is 8. The van der Waals surface area contributed by atoms with Crippen LogP contribution in [0, 0.1) is 5.82 Å². The van der Waals surface area contributed by atoms with Crippen molar-refractivity contribution in [3.8, 4) is 11.5 Å². The zero-order chi connectivity index (χ0) is 21.1. The highest BCUT2D eigenvalue weighted by Gasteiger charge is 2.20. The minimum absolute atomic E-state index is 0.0201. The number of halogens is 1. The summed E-state index contributed by atoms with van der Waals surface area (Å²) in [6.45, 7) is 0.895. The Morgan fingerprint density at radius 1 is 1.23 bits per heavy atom. The molecule has 2 aromatic rings. The Balaban J connectivity index is 1.53. The van der Waals surface area contributed by atoms with Gasteiger partial charge < -0.3 is 30.3 Å². The first kappa shape index (κ1) is 19.4. The first-order valence-corrected chi connectivity index (χ1v) is 8.96. The predicted molar refractivity (Wildman–Crippen MR) is 105 cm³/mol. The van der Waals surface area contributed by atoms with Gasteiger partial charge in [-0.3, -0.25) is 0 Å². The van der Waals surface area contributed by atoms with Crippen LogP contribution < -0.4 is 20.1 Å². The topological polar surface area (TPSA) is 126 Å². The summed E-state index contributed by atoms with van der Waals surface area (Å²) in [6, 6.07) is 5.08. The molecule has 154 valence electrons. The highest BCUT2D eigenvalue weighted by atomic mass is 19.1. The Morgan fingerprint density at radius 2 is 2.03 bits per heavy atom. The van der Waals surface area contributed by atoms with E-state index >= 15 is 0 Å². The molecule has 1 atom stereocenters. The minimum Gasteiger partial charge on any atom is -0.486 e. The number of benzene rings is 1. The Kier molecular flexibility index (Phi) is 5.31. The van der Waals surface area contributed by atoms with Gasteiger partial charge in [0.05, 0.1) is 11.9 Å². The molecular weight excluding hydrogens is 395 g/mol. The van der Waals surface area contributed by atoms with Gasteiger partial charge in [0.1, 0.15) is 19.3 Å². The Morgan fingerprint density at radius 3 is 2.83 bits per heavy atom. The number of hydrogen-bond donors (Lipinski definition) is 4. The molecule has 0 amide bonds. The molecule has 4 N–H and O–H groups in total. The molecule has 1 aliphatic heterocycles. The van der Waals surface area contributed by atoms with Crippen LogP contribution in [-0.2, 0) is 4.79 Å². The number of carboxylic acids is 1. The van der Waals surface area contributed by atoms with Gasteiger partial charge in [-0.1, -0.05) is 12.2 Å². The molecule has 0 saturated carbocycles. The molecule has 1 aromatic carbocycles. The van der Waals surface area contributed by atoms with E-state index < -0.39 is 17.9 Å². The van der Waals surface area contributed by atoms with Crippen LogP contribution >= 0.6 is 0 Å². The summed E-state index contributed by atoms with van der Waals surface area (Å²) in [4.78, 5) is 18.8. The van der Waals surface area contributed by atoms with E-state index in [0.717, 1.165) is 12.3 Å². The molecule has 2 heterocycles. The predicted octanol–water partition coefficient (Wildman–Crippen LogP) is 2.37. The van der Waals surface area contributed by atoms with E-state index in [1.165, 1.54) is 6.08 Å². The number of aliphatic hydroxyl groups excluding tert-OH is 1. The fourth-order valence-corrected chi connectivity index (χ4v) is 2.91. The first-order chi connectivity index (χ1) is 14.5. The van der Waals surface area contributed by atoms with Gasteiger partial charge in [-0.15, -0.1) is 0 Å². The second-order valence-corrected chi connectivity index (χ2v) is 6.36. The molecule has 0 radical (unpaired) electrons. The molecule has 30 heavy (non-hydrogen) atoms. The van der Waals surface area contributed by atoms with E-state index in [1.807, 2.05) is 0 Å². The van der Waals surface area contributed by atoms with Crippen LogP contribution in [0.2, 0.25) is 0 Å². The molecule has 1 aliphatic carbocycles. The maximum atomic E-state index is 14.2. The van der Waals surface area contributed by atoms with Crippen LogP contribution in [0.3, 0.4) is 0 Å². The monoisotopic (exact) mass is 412 g/mol. The number of aliphatic hydroxyl groups is 1. The molecule has 4 rings (SSSR count). The Labute approximate surface area is 170 Å². The number of anilines is 3. The summed E-state index contributed by atoms with van der Waals surface area (Å²) in [5, 5.41) is 24.9. The second kappa shape index (κ2) is 8.21. The summed E-state index contributed by atoms with van der Waals surface area (Å²) < 4.78 is 25.2. The molecule has 0 fully saturated rings. The normalized spacial score (nSPS) is 18.7. The van der Waals surface area contributed by atoms with Gasteiger partial charge in [0.15, 0.2) is 23.1 Å². The van der Waals surface area contributed by atoms with Crippen LogP contribution in [0.15, 0.2) is 60.0 Å². The van der Waals surface area contributed by atoms with Crippen molar-refractivity contribution >= 4 is 23.4 Å². The lowest BCUT2D eigenvalue weighted by molar-refractivity contribution is -0.131. The van der Waals surface area contributed by atoms with Crippen LogP contribution in [0.25, 0.3) is 0 Å². The minimum atomic E-state index is -1.21. The van der Waals surface area contributed by atoms with Gasteiger partial charge in [-0.25, -0.2) is 14.2 Å². The lowest BCUT2D eigenvalue weighted by Gasteiger charge is -2.20. The zero-order valence-corrected chi connectivity index (χ0v) is 15.5. The number of nitrogens with zero attached hydrogens (tertiary/aromatic N) is 2. The molecule has 0 bridgehead atoms. The van der Waals surface area contributed by atoms with Crippen molar-refractivity contribution in [1.82, 2.24) is 9.97 Å². The maximum absolute atomic E-state index is 14.2. The van der Waals surface area contributed by atoms with Gasteiger partial charge in [-0.2, -0.15) is 4.98 Å². The summed E-state index contributed by atoms with van der Waals surface area (Å²) in [5.41, 5.74) is 0.973. The van der Waals surface area contributed by atoms with E-state index in [1.54, 1.807) is 30.4 Å². The van der Waals surface area contributed by atoms with Gasteiger partial charge >= 0.3 is 5.97 Å². The summed E-state index contributed by atoms with van der Waals surface area (Å²) in [6.07, 6.45) is 5.26. The average molecular weight is 412 g/mol. The fraction of sp³-hybridized carbons (Fsp3) is 0.150. The van der Waals surface area contributed by atoms with Crippen molar-refractivity contribution < 1.29 is 28.9 Å². The third-order valence-corrected chi connectivity index (χ3v) is 4.27. The van der Waals surface area contributed by atoms with Gasteiger partial charge in [-0.05, 0) is 23.8 Å². The van der Waals surface area contributed by atoms with E-state index in [0.29, 0.717) is 30.4 Å². The smallest absolute Gasteiger partial charge is 0.328 e. The number of nitrogens with one attached hydrogen (secondary N) is 2. The first-order valence-electron chi connectivity index (χ1n) is 8.96. The molecule has 1 unspecified atom stereocenters. The van der Waals surface area contributed by atoms with E-state index in [2.05, 4.69) is 20.6 Å². The largest absolute Gasteiger partial charge is 0.486 e. The second-order valence-electron chi connectivity index (χ2n) is 6.36. The van der Waals surface area contributed by atoms with Crippen LogP contribution in [0.4, 0.5) is 21.8 Å². The van der Waals surface area contributed by atoms with Crippen molar-refractivity contribution in [2.45, 2.75) is 6.10 Å². The lowest BCUT2D eigenvalue weighted by Crippen LogP contribution is -2.22. The van der Waals surface area contributed by atoms with Crippen molar-refractivity contribution in [1.29, 1.82) is 0 Å². The van der Waals surface area contributed by atoms with E-state index in [9.17, 15) is 14.3 Å². The molecule has 9 nitrogen and oxygen atoms in total. The van der Waals surface area contributed by atoms with Crippen molar-refractivity contribution in [3.63, 3.8) is 0 Å². The Hall–Kier alpha value is -3.92. The number of aliphatic carboxylic acids is 1. The average Bonchev–Trinajstić information content (AvgIpc) is 2.73. The quantitative estimate of drug-likeness (QED) is 0.548. The van der Waals surface area contributed by atoms with Gasteiger partial charge in [0, 0.05) is 17.8 Å². The third-order valence-electron chi connectivity index (χ3n) is 4.27. The van der Waals surface area contributed by atoms with Crippen molar-refractivity contribution in [2.75, 3.05) is 23.8 Å². The fourth-order valence-electron chi connectivity index (χ4n) is 2.91. The summed E-state index contributed by atoms with van der Waals surface area (Å²) in [7, 11) is 0. The van der Waals surface area contributed by atoms with E-state index in [4.69, 9.17) is 14.6 Å². The van der Waals surface area contributed by atoms with Crippen LogP contribution in [0.5, 0.6) is 11.5 Å². The van der Waals surface area contributed by atoms with Gasteiger partial charge in [0.25, 0.3) is 0 Å².